The van der Waals surface area contributed by atoms with E-state index in [1.54, 1.807) is 0 Å². The topological polar surface area (TPSA) is 24.5 Å². The Morgan fingerprint density at radius 2 is 1.71 bits per heavy atom. The van der Waals surface area contributed by atoms with Gasteiger partial charge in [0.2, 0.25) is 0 Å². The lowest BCUT2D eigenvalue weighted by Crippen LogP contribution is -2.40. The summed E-state index contributed by atoms with van der Waals surface area (Å²) in [6.07, 6.45) is 1.16. The van der Waals surface area contributed by atoms with Crippen LogP contribution in [0.3, 0.4) is 0 Å². The maximum atomic E-state index is 5.58. The molecular formula is C14H32N2O. The molecule has 17 heavy (non-hydrogen) atoms. The Hall–Kier alpha value is -0.120. The third kappa shape index (κ3) is 10.7. The van der Waals surface area contributed by atoms with Gasteiger partial charge in [-0.3, -0.25) is 0 Å². The van der Waals surface area contributed by atoms with Crippen molar-refractivity contribution in [2.45, 2.75) is 47.1 Å². The summed E-state index contributed by atoms with van der Waals surface area (Å²) in [6, 6.07) is 0.545. The van der Waals surface area contributed by atoms with Crippen LogP contribution in [0.4, 0.5) is 0 Å². The van der Waals surface area contributed by atoms with Gasteiger partial charge in [-0.05, 0) is 32.4 Å². The molecule has 0 aliphatic heterocycles. The molecule has 0 bridgehead atoms. The molecule has 0 radical (unpaired) electrons. The van der Waals surface area contributed by atoms with Crippen molar-refractivity contribution in [2.24, 2.45) is 5.92 Å². The van der Waals surface area contributed by atoms with E-state index in [1.165, 1.54) is 0 Å². The number of likely N-dealkylation sites (N-methyl/N-ethyl adjacent to an activating group) is 1. The molecule has 1 N–H and O–H groups in total. The molecule has 0 aromatic rings. The van der Waals surface area contributed by atoms with Crippen LogP contribution in [-0.2, 0) is 4.74 Å². The van der Waals surface area contributed by atoms with Crippen LogP contribution < -0.4 is 5.32 Å². The van der Waals surface area contributed by atoms with Crippen molar-refractivity contribution >= 4 is 0 Å². The summed E-state index contributed by atoms with van der Waals surface area (Å²) in [5.74, 6) is 0.740. The first kappa shape index (κ1) is 16.9. The Morgan fingerprint density at radius 3 is 2.24 bits per heavy atom. The van der Waals surface area contributed by atoms with Crippen LogP contribution in [-0.4, -0.2) is 50.3 Å². The molecule has 3 heteroatoms. The summed E-state index contributed by atoms with van der Waals surface area (Å²) in [6.45, 7) is 17.2. The maximum absolute atomic E-state index is 5.58. The van der Waals surface area contributed by atoms with Gasteiger partial charge in [0.1, 0.15) is 0 Å². The number of hydrogen-bond acceptors (Lipinski definition) is 3. The minimum Gasteiger partial charge on any atom is -0.380 e. The zero-order valence-corrected chi connectivity index (χ0v) is 12.5. The molecule has 0 rings (SSSR count). The van der Waals surface area contributed by atoms with Gasteiger partial charge in [0.15, 0.2) is 0 Å². The lowest BCUT2D eigenvalue weighted by molar-refractivity contribution is 0.122. The van der Waals surface area contributed by atoms with E-state index in [-0.39, 0.29) is 0 Å². The quantitative estimate of drug-likeness (QED) is 0.565. The van der Waals surface area contributed by atoms with E-state index in [4.69, 9.17) is 4.74 Å². The molecule has 0 aromatic heterocycles. The Morgan fingerprint density at radius 1 is 1.06 bits per heavy atom. The SMILES string of the molecule is CCN(CC)CC(C)NCCOCCC(C)C. The van der Waals surface area contributed by atoms with Crippen LogP contribution in [0, 0.1) is 5.92 Å². The van der Waals surface area contributed by atoms with E-state index >= 15 is 0 Å². The zero-order valence-electron chi connectivity index (χ0n) is 12.5. The van der Waals surface area contributed by atoms with Gasteiger partial charge < -0.3 is 15.0 Å². The summed E-state index contributed by atoms with van der Waals surface area (Å²) in [5, 5.41) is 3.50. The standard InChI is InChI=1S/C14H32N2O/c1-6-16(7-2)12-14(5)15-9-11-17-10-8-13(3)4/h13-15H,6-12H2,1-5H3. The van der Waals surface area contributed by atoms with Crippen molar-refractivity contribution in [2.75, 3.05) is 39.4 Å². The van der Waals surface area contributed by atoms with Gasteiger partial charge in [-0.1, -0.05) is 27.7 Å². The maximum Gasteiger partial charge on any atom is 0.0591 e. The fraction of sp³-hybridized carbons (Fsp3) is 1.00. The molecule has 0 spiro atoms. The molecule has 0 aliphatic carbocycles. The number of hydrogen-bond donors (Lipinski definition) is 1. The first-order valence-corrected chi connectivity index (χ1v) is 7.13. The van der Waals surface area contributed by atoms with Gasteiger partial charge in [0, 0.05) is 25.7 Å². The van der Waals surface area contributed by atoms with Crippen LogP contribution >= 0.6 is 0 Å². The lowest BCUT2D eigenvalue weighted by atomic mass is 10.1. The zero-order chi connectivity index (χ0) is 13.1. The van der Waals surface area contributed by atoms with Crippen LogP contribution in [0.2, 0.25) is 0 Å². The monoisotopic (exact) mass is 244 g/mol. The summed E-state index contributed by atoms with van der Waals surface area (Å²) < 4.78 is 5.58. The predicted molar refractivity (Wildman–Crippen MR) is 75.5 cm³/mol. The first-order valence-electron chi connectivity index (χ1n) is 7.13. The molecule has 3 nitrogen and oxygen atoms in total. The molecule has 1 unspecified atom stereocenters. The Labute approximate surface area is 108 Å². The number of rotatable bonds is 11. The van der Waals surface area contributed by atoms with Crippen molar-refractivity contribution in [3.8, 4) is 0 Å². The largest absolute Gasteiger partial charge is 0.380 e. The van der Waals surface area contributed by atoms with E-state index in [0.29, 0.717) is 6.04 Å². The minimum atomic E-state index is 0.545. The molecule has 0 amide bonds. The molecule has 104 valence electrons. The van der Waals surface area contributed by atoms with Crippen molar-refractivity contribution in [3.05, 3.63) is 0 Å². The molecular weight excluding hydrogens is 212 g/mol. The Balaban J connectivity index is 3.35. The fourth-order valence-electron chi connectivity index (χ4n) is 1.73. The first-order chi connectivity index (χ1) is 8.10. The Bertz CT molecular complexity index is 158. The third-order valence-corrected chi connectivity index (χ3v) is 3.01. The van der Waals surface area contributed by atoms with Crippen LogP contribution in [0.1, 0.15) is 41.0 Å². The van der Waals surface area contributed by atoms with Crippen LogP contribution in [0.5, 0.6) is 0 Å². The second-order valence-electron chi connectivity index (χ2n) is 5.14. The molecule has 0 aliphatic rings. The number of nitrogens with zero attached hydrogens (tertiary/aromatic N) is 1. The third-order valence-electron chi connectivity index (χ3n) is 3.01. The van der Waals surface area contributed by atoms with E-state index in [2.05, 4.69) is 44.8 Å². The van der Waals surface area contributed by atoms with Crippen molar-refractivity contribution < 1.29 is 4.74 Å². The summed E-state index contributed by atoms with van der Waals surface area (Å²) in [7, 11) is 0. The second kappa shape index (κ2) is 11.0. The van der Waals surface area contributed by atoms with E-state index in [0.717, 1.165) is 51.7 Å². The molecule has 0 saturated heterocycles. The van der Waals surface area contributed by atoms with E-state index < -0.39 is 0 Å². The van der Waals surface area contributed by atoms with E-state index in [9.17, 15) is 0 Å². The molecule has 0 fully saturated rings. The number of nitrogens with one attached hydrogen (secondary N) is 1. The summed E-state index contributed by atoms with van der Waals surface area (Å²) in [5.41, 5.74) is 0. The summed E-state index contributed by atoms with van der Waals surface area (Å²) in [4.78, 5) is 2.44. The molecule has 1 atom stereocenters. The molecule has 0 saturated carbocycles. The molecule has 0 heterocycles. The van der Waals surface area contributed by atoms with Gasteiger partial charge in [0.25, 0.3) is 0 Å². The van der Waals surface area contributed by atoms with E-state index in [1.807, 2.05) is 0 Å². The second-order valence-corrected chi connectivity index (χ2v) is 5.14. The summed E-state index contributed by atoms with van der Waals surface area (Å²) >= 11 is 0. The van der Waals surface area contributed by atoms with Gasteiger partial charge in [-0.2, -0.15) is 0 Å². The molecule has 0 aromatic carbocycles. The van der Waals surface area contributed by atoms with Crippen molar-refractivity contribution in [1.29, 1.82) is 0 Å². The average Bonchev–Trinajstić information content (AvgIpc) is 2.30. The lowest BCUT2D eigenvalue weighted by Gasteiger charge is -2.23. The number of ether oxygens (including phenoxy) is 1. The predicted octanol–water partition coefficient (Wildman–Crippen LogP) is 2.37. The highest BCUT2D eigenvalue weighted by Crippen LogP contribution is 1.98. The highest BCUT2D eigenvalue weighted by Gasteiger charge is 2.05. The van der Waals surface area contributed by atoms with Crippen molar-refractivity contribution in [3.63, 3.8) is 0 Å². The fourth-order valence-corrected chi connectivity index (χ4v) is 1.73. The van der Waals surface area contributed by atoms with Crippen LogP contribution in [0.15, 0.2) is 0 Å². The van der Waals surface area contributed by atoms with Gasteiger partial charge in [0.05, 0.1) is 6.61 Å². The highest BCUT2D eigenvalue weighted by molar-refractivity contribution is 4.65. The van der Waals surface area contributed by atoms with Gasteiger partial charge in [-0.25, -0.2) is 0 Å². The van der Waals surface area contributed by atoms with Gasteiger partial charge in [-0.15, -0.1) is 0 Å². The van der Waals surface area contributed by atoms with Crippen molar-refractivity contribution in [1.82, 2.24) is 10.2 Å². The minimum absolute atomic E-state index is 0.545. The Kier molecular flexibility index (Phi) is 10.9. The normalized spacial score (nSPS) is 13.6. The highest BCUT2D eigenvalue weighted by atomic mass is 16.5. The van der Waals surface area contributed by atoms with Gasteiger partial charge >= 0.3 is 0 Å². The smallest absolute Gasteiger partial charge is 0.0591 e. The van der Waals surface area contributed by atoms with Crippen LogP contribution in [0.25, 0.3) is 0 Å². The average molecular weight is 244 g/mol.